The van der Waals surface area contributed by atoms with Crippen LogP contribution in [0, 0.1) is 0 Å². The lowest BCUT2D eigenvalue weighted by Crippen LogP contribution is -2.28. The number of para-hydroxylation sites is 4. The fraction of sp³-hybridized carbons (Fsp3) is 0.476. The third-order valence-electron chi connectivity index (χ3n) is 20.7. The van der Waals surface area contributed by atoms with E-state index in [1.54, 1.807) is 7.05 Å². The number of allylic oxidation sites excluding steroid dienone is 16. The number of unbranched alkanes of at least 4 members (excludes halogenated alkanes) is 8. The summed E-state index contributed by atoms with van der Waals surface area (Å²) in [5, 5.41) is 10.8. The minimum absolute atomic E-state index is 0.0590. The number of hydrazine groups is 1. The Morgan fingerprint density at radius 2 is 0.896 bits per heavy atom. The van der Waals surface area contributed by atoms with Crippen LogP contribution in [0.5, 0.6) is 0 Å². The molecule has 4 aliphatic heterocycles. The first-order valence-corrected chi connectivity index (χ1v) is 36.9. The quantitative estimate of drug-likeness (QED) is 0.0201. The Balaban J connectivity index is 0.000000236. The molecule has 96 heavy (non-hydrogen) atoms. The highest BCUT2D eigenvalue weighted by Crippen LogP contribution is 2.50. The molecule has 0 spiro atoms. The number of carbonyl (C=O) groups is 2. The summed E-state index contributed by atoms with van der Waals surface area (Å²) < 4.78 is 5.08. The Hall–Kier alpha value is -6.66. The van der Waals surface area contributed by atoms with Crippen LogP contribution >= 0.6 is 23.2 Å². The number of anilines is 2. The van der Waals surface area contributed by atoms with Gasteiger partial charge in [0.1, 0.15) is 18.9 Å². The summed E-state index contributed by atoms with van der Waals surface area (Å²) in [5.74, 6) is 4.03. The Morgan fingerprint density at radius 3 is 1.29 bits per heavy atom. The number of hydrogen-bond donors (Lipinski definition) is 4. The molecule has 10 nitrogen and oxygen atoms in total. The van der Waals surface area contributed by atoms with Crippen LogP contribution in [0.4, 0.5) is 22.7 Å². The number of nitrogens with zero attached hydrogens (tertiary/aromatic N) is 4. The number of carbonyl (C=O) groups excluding carboxylic acids is 1. The van der Waals surface area contributed by atoms with Crippen LogP contribution in [0.3, 0.4) is 0 Å². The van der Waals surface area contributed by atoms with E-state index in [9.17, 15) is 9.59 Å². The zero-order chi connectivity index (χ0) is 69.2. The zero-order valence-electron chi connectivity index (χ0n) is 60.0. The number of nitrogens with two attached hydrogens (primary N) is 2. The van der Waals surface area contributed by atoms with Gasteiger partial charge in [0.05, 0.1) is 17.4 Å². The Kier molecular flexibility index (Phi) is 27.2. The molecule has 2 aliphatic carbocycles. The molecule has 0 unspecified atom stereocenters. The number of fused-ring (bicyclic) bond motifs is 4. The molecule has 0 atom stereocenters. The minimum Gasteiger partial charge on any atom is -0.481 e. The van der Waals surface area contributed by atoms with E-state index in [4.69, 9.17) is 34.0 Å². The molecule has 4 heterocycles. The van der Waals surface area contributed by atoms with Crippen molar-refractivity contribution in [2.45, 2.75) is 219 Å². The summed E-state index contributed by atoms with van der Waals surface area (Å²) in [6, 6.07) is 35.2. The molecule has 0 fully saturated rings. The second-order valence-electron chi connectivity index (χ2n) is 28.9. The Morgan fingerprint density at radius 1 is 0.510 bits per heavy atom. The topological polar surface area (TPSA) is 131 Å². The van der Waals surface area contributed by atoms with Gasteiger partial charge in [-0.15, -0.1) is 0 Å². The van der Waals surface area contributed by atoms with E-state index in [0.29, 0.717) is 12.8 Å². The van der Waals surface area contributed by atoms with Crippen LogP contribution in [-0.2, 0) is 31.2 Å². The molecule has 6 N–H and O–H groups in total. The fourth-order valence-electron chi connectivity index (χ4n) is 15.3. The lowest BCUT2D eigenvalue weighted by Gasteiger charge is -2.27. The molecule has 4 aromatic carbocycles. The van der Waals surface area contributed by atoms with E-state index in [1.807, 2.05) is 0 Å². The second-order valence-corrected chi connectivity index (χ2v) is 29.7. The number of halogens is 2. The lowest BCUT2D eigenvalue weighted by atomic mass is 9.81. The minimum atomic E-state index is -0.716. The van der Waals surface area contributed by atoms with Gasteiger partial charge in [-0.1, -0.05) is 188 Å². The number of aliphatic carboxylic acids is 1. The van der Waals surface area contributed by atoms with Gasteiger partial charge in [-0.2, -0.15) is 9.15 Å². The molecule has 0 saturated heterocycles. The molecule has 0 amide bonds. The van der Waals surface area contributed by atoms with Gasteiger partial charge in [0.15, 0.2) is 11.4 Å². The van der Waals surface area contributed by atoms with Gasteiger partial charge < -0.3 is 20.6 Å². The van der Waals surface area contributed by atoms with E-state index < -0.39 is 5.97 Å². The molecular weight excluding hydrogens is 1230 g/mol. The number of ketones is 1. The van der Waals surface area contributed by atoms with Crippen LogP contribution < -0.4 is 26.8 Å². The number of nitrogens with one attached hydrogen (secondary N) is 1. The van der Waals surface area contributed by atoms with E-state index in [1.165, 1.54) is 129 Å². The Bertz CT molecular complexity index is 3730. The maximum absolute atomic E-state index is 11.7. The summed E-state index contributed by atoms with van der Waals surface area (Å²) in [7, 11) is 1.65. The molecule has 514 valence electrons. The smallest absolute Gasteiger partial charge is 0.303 e. The van der Waals surface area contributed by atoms with Crippen molar-refractivity contribution < 1.29 is 23.8 Å². The van der Waals surface area contributed by atoms with Crippen molar-refractivity contribution in [2.24, 2.45) is 11.6 Å². The number of carboxylic acids is 1. The van der Waals surface area contributed by atoms with E-state index in [-0.39, 0.29) is 40.4 Å². The van der Waals surface area contributed by atoms with Crippen molar-refractivity contribution in [3.8, 4) is 0 Å². The average molecular weight is 1340 g/mol. The molecule has 0 radical (unpaired) electrons. The van der Waals surface area contributed by atoms with Crippen LogP contribution in [0.2, 0.25) is 0 Å². The molecule has 4 aromatic rings. The van der Waals surface area contributed by atoms with Gasteiger partial charge in [0.25, 0.3) is 0 Å². The molecule has 0 bridgehead atoms. The van der Waals surface area contributed by atoms with Gasteiger partial charge in [-0.25, -0.2) is 0 Å². The number of rotatable bonds is 27. The van der Waals surface area contributed by atoms with Crippen LogP contribution in [0.25, 0.3) is 0 Å². The number of hydrogen-bond acceptors (Lipinski definition) is 7. The normalized spacial score (nSPS) is 19.8. The van der Waals surface area contributed by atoms with Crippen LogP contribution in [0.15, 0.2) is 189 Å². The maximum Gasteiger partial charge on any atom is 0.303 e. The number of carboxylic acid groups (broad SMARTS) is 1. The van der Waals surface area contributed by atoms with Gasteiger partial charge in [0.2, 0.25) is 11.4 Å². The molecule has 10 rings (SSSR count). The molecule has 6 aliphatic rings. The summed E-state index contributed by atoms with van der Waals surface area (Å²) in [6.45, 7) is 27.2. The van der Waals surface area contributed by atoms with Crippen LogP contribution in [-0.4, -0.2) is 77.2 Å². The van der Waals surface area contributed by atoms with Crippen molar-refractivity contribution in [1.29, 1.82) is 0 Å². The first-order chi connectivity index (χ1) is 46.1. The van der Waals surface area contributed by atoms with Gasteiger partial charge in [0, 0.05) is 118 Å². The Labute approximate surface area is 587 Å². The van der Waals surface area contributed by atoms with Crippen molar-refractivity contribution in [2.75, 3.05) is 49.6 Å². The van der Waals surface area contributed by atoms with Crippen molar-refractivity contribution in [3.63, 3.8) is 0 Å². The highest BCUT2D eigenvalue weighted by molar-refractivity contribution is 6.33. The summed E-state index contributed by atoms with van der Waals surface area (Å²) in [6.07, 6.45) is 38.2. The first kappa shape index (κ1) is 75.1. The average Bonchev–Trinajstić information content (AvgIpc) is 1.63. The zero-order valence-corrected chi connectivity index (χ0v) is 61.5. The van der Waals surface area contributed by atoms with Crippen molar-refractivity contribution in [1.82, 2.24) is 5.43 Å². The highest BCUT2D eigenvalue weighted by atomic mass is 35.5. The fourth-order valence-corrected chi connectivity index (χ4v) is 15.9. The van der Waals surface area contributed by atoms with Crippen molar-refractivity contribution in [3.05, 3.63) is 212 Å². The largest absolute Gasteiger partial charge is 0.481 e. The second kappa shape index (κ2) is 34.7. The monoisotopic (exact) mass is 1340 g/mol. The molecule has 0 aromatic heterocycles. The van der Waals surface area contributed by atoms with Crippen LogP contribution in [0.1, 0.15) is 220 Å². The van der Waals surface area contributed by atoms with Gasteiger partial charge >= 0.3 is 5.97 Å². The van der Waals surface area contributed by atoms with E-state index in [2.05, 4.69) is 245 Å². The van der Waals surface area contributed by atoms with Gasteiger partial charge in [-0.3, -0.25) is 20.9 Å². The SMILES string of the molecule is CCCCC[N+]1=C(/C=C/C2=C(Cl)C(=C/C=C3/N(CCCCCC(=O)CN)c4ccccc4C3(C)C)/CCC2)C(C)(C)c2ccccc21.CCCCC[N+]1=C(/C=C/C2=C(Cl)C(=C/C=C3/N(CCCCCC(=O)O)c4ccccc4C3(C)C)/CCC2)C(C)(C)c2ccccc21.CNN. The summed E-state index contributed by atoms with van der Waals surface area (Å²) >= 11 is 14.4. The predicted molar refractivity (Wildman–Crippen MR) is 407 cm³/mol. The molecule has 12 heteroatoms. The third-order valence-corrected chi connectivity index (χ3v) is 21.7. The molecule has 0 saturated carbocycles. The number of benzene rings is 4. The van der Waals surface area contributed by atoms with E-state index >= 15 is 0 Å². The summed E-state index contributed by atoms with van der Waals surface area (Å²) in [5.41, 5.74) is 28.3. The number of Topliss-reactive ketones (excluding diaryl/α,β-unsaturated/α-hetero) is 1. The standard InChI is InChI=1S/C42H55ClN3O.C41H51ClN2O2.CH6N2/c1-6-7-14-28-45-36-22-12-10-20-34(36)41(2,3)38(45)26-24-31-17-16-18-32(40(31)43)25-27-39-42(4,5)35-21-11-13-23-37(35)46(39)29-15-8-9-19-33(47)30-44;1-6-7-14-28-43-34-21-12-10-19-32(34)40(2,3)36(43)26-24-30-17-16-18-31(39(30)42)25-27-37-41(4,5)33-20-11-13-22-35(33)44(37)29-15-8-9-23-38(45)46;1-3-2/h10-13,20-27H,6-9,14-19,28-30,44H2,1-5H3;10-13,19-22,24-27H,6-9,14-18,23,28-29H2,1-5H3;3H,2H2,1H3/q+1;;/p+1. The third kappa shape index (κ3) is 17.4. The van der Waals surface area contributed by atoms with Gasteiger partial charge in [-0.05, 0) is 169 Å². The molecular formula is C84H113Cl2N7O3+2. The maximum atomic E-state index is 11.7. The predicted octanol–water partition coefficient (Wildman–Crippen LogP) is 20.0. The van der Waals surface area contributed by atoms with Crippen molar-refractivity contribution >= 4 is 69.1 Å². The first-order valence-electron chi connectivity index (χ1n) is 36.1. The highest BCUT2D eigenvalue weighted by Gasteiger charge is 2.46. The van der Waals surface area contributed by atoms with E-state index in [0.717, 1.165) is 107 Å². The summed E-state index contributed by atoms with van der Waals surface area (Å²) in [4.78, 5) is 27.6. The lowest BCUT2D eigenvalue weighted by molar-refractivity contribution is -0.438.